The van der Waals surface area contributed by atoms with Gasteiger partial charge in [-0.2, -0.15) is 0 Å². The lowest BCUT2D eigenvalue weighted by Crippen LogP contribution is -2.24. The Kier molecular flexibility index (Phi) is 5.20. The van der Waals surface area contributed by atoms with Crippen molar-refractivity contribution in [1.82, 2.24) is 0 Å². The highest BCUT2D eigenvalue weighted by Gasteiger charge is 2.27. The fourth-order valence-electron chi connectivity index (χ4n) is 3.01. The number of amides is 2. The highest BCUT2D eigenvalue weighted by atomic mass is 32.2. The topological polar surface area (TPSA) is 72.2 Å². The zero-order valence-corrected chi connectivity index (χ0v) is 16.3. The molecule has 25 heavy (non-hydrogen) atoms. The number of thioether (sulfide) groups is 1. The number of hydrogen-bond donors (Lipinski definition) is 2. The molecular weight excluding hydrogens is 352 g/mol. The van der Waals surface area contributed by atoms with Gasteiger partial charge in [0.2, 0.25) is 5.91 Å². The van der Waals surface area contributed by atoms with Gasteiger partial charge in [0.1, 0.15) is 5.00 Å². The molecule has 0 unspecified atom stereocenters. The Hall–Kier alpha value is -1.79. The molecule has 4 nitrogen and oxygen atoms in total. The third-order valence-corrected chi connectivity index (χ3v) is 6.87. The molecule has 0 spiro atoms. The number of carbonyl (C=O) groups is 2. The van der Waals surface area contributed by atoms with E-state index in [1.54, 1.807) is 0 Å². The summed E-state index contributed by atoms with van der Waals surface area (Å²) in [4.78, 5) is 26.7. The van der Waals surface area contributed by atoms with Crippen LogP contribution in [0.15, 0.2) is 23.1 Å². The molecule has 2 amide bonds. The van der Waals surface area contributed by atoms with Crippen LogP contribution in [0.5, 0.6) is 0 Å². The van der Waals surface area contributed by atoms with Gasteiger partial charge in [0.25, 0.3) is 5.91 Å². The first-order valence-electron chi connectivity index (χ1n) is 8.36. The lowest BCUT2D eigenvalue weighted by atomic mass is 10.1. The summed E-state index contributed by atoms with van der Waals surface area (Å²) in [5.74, 6) is -0.560. The van der Waals surface area contributed by atoms with E-state index in [4.69, 9.17) is 5.73 Å². The number of anilines is 1. The molecule has 0 bridgehead atoms. The van der Waals surface area contributed by atoms with Crippen molar-refractivity contribution in [1.29, 1.82) is 0 Å². The summed E-state index contributed by atoms with van der Waals surface area (Å²) in [6.07, 6.45) is 2.88. The van der Waals surface area contributed by atoms with Gasteiger partial charge < -0.3 is 11.1 Å². The van der Waals surface area contributed by atoms with E-state index in [0.29, 0.717) is 10.6 Å². The monoisotopic (exact) mass is 374 g/mol. The average Bonchev–Trinajstić information content (AvgIpc) is 3.10. The smallest absolute Gasteiger partial charge is 0.251 e. The SMILES string of the molecule is Cc1ccc(S[C@H](C)C(=O)Nc2sc3c(c2C(N)=O)CCC3)cc1C. The Balaban J connectivity index is 1.74. The molecule has 0 aliphatic heterocycles. The number of fused-ring (bicyclic) bond motifs is 1. The van der Waals surface area contributed by atoms with Crippen LogP contribution in [0.2, 0.25) is 0 Å². The quantitative estimate of drug-likeness (QED) is 0.775. The van der Waals surface area contributed by atoms with Gasteiger partial charge in [-0.15, -0.1) is 23.1 Å². The predicted molar refractivity (Wildman–Crippen MR) is 105 cm³/mol. The van der Waals surface area contributed by atoms with Gasteiger partial charge in [-0.1, -0.05) is 6.07 Å². The second kappa shape index (κ2) is 7.22. The van der Waals surface area contributed by atoms with E-state index < -0.39 is 5.91 Å². The highest BCUT2D eigenvalue weighted by molar-refractivity contribution is 8.00. The molecule has 1 atom stereocenters. The molecule has 0 saturated carbocycles. The van der Waals surface area contributed by atoms with E-state index in [1.165, 1.54) is 39.1 Å². The molecule has 0 fully saturated rings. The molecule has 3 N–H and O–H groups in total. The van der Waals surface area contributed by atoms with Crippen LogP contribution in [0.25, 0.3) is 0 Å². The maximum atomic E-state index is 12.6. The molecule has 1 aromatic carbocycles. The van der Waals surface area contributed by atoms with Crippen LogP contribution in [0, 0.1) is 13.8 Å². The summed E-state index contributed by atoms with van der Waals surface area (Å²) in [6, 6.07) is 6.20. The molecular formula is C19H22N2O2S2. The van der Waals surface area contributed by atoms with Crippen LogP contribution in [-0.4, -0.2) is 17.1 Å². The van der Waals surface area contributed by atoms with E-state index >= 15 is 0 Å². The zero-order chi connectivity index (χ0) is 18.1. The number of hydrogen-bond acceptors (Lipinski definition) is 4. The van der Waals surface area contributed by atoms with Crippen molar-refractivity contribution in [2.75, 3.05) is 5.32 Å². The average molecular weight is 375 g/mol. The lowest BCUT2D eigenvalue weighted by molar-refractivity contribution is -0.115. The number of carbonyl (C=O) groups excluding carboxylic acids is 2. The second-order valence-corrected chi connectivity index (χ2v) is 8.94. The number of nitrogens with one attached hydrogen (secondary N) is 1. The number of thiophene rings is 1. The van der Waals surface area contributed by atoms with Crippen LogP contribution < -0.4 is 11.1 Å². The number of nitrogens with two attached hydrogens (primary N) is 1. The molecule has 2 aromatic rings. The van der Waals surface area contributed by atoms with Crippen molar-refractivity contribution in [3.63, 3.8) is 0 Å². The van der Waals surface area contributed by atoms with Gasteiger partial charge >= 0.3 is 0 Å². The molecule has 6 heteroatoms. The number of rotatable bonds is 5. The minimum absolute atomic E-state index is 0.106. The third-order valence-electron chi connectivity index (χ3n) is 4.56. The number of aryl methyl sites for hydroxylation is 3. The molecule has 132 valence electrons. The molecule has 1 aliphatic carbocycles. The maximum Gasteiger partial charge on any atom is 0.251 e. The minimum Gasteiger partial charge on any atom is -0.365 e. The summed E-state index contributed by atoms with van der Waals surface area (Å²) >= 11 is 3.01. The van der Waals surface area contributed by atoms with E-state index in [-0.39, 0.29) is 11.2 Å². The zero-order valence-electron chi connectivity index (χ0n) is 14.6. The predicted octanol–water partition coefficient (Wildman–Crippen LogP) is 4.07. The lowest BCUT2D eigenvalue weighted by Gasteiger charge is -2.13. The van der Waals surface area contributed by atoms with Crippen LogP contribution in [-0.2, 0) is 17.6 Å². The van der Waals surface area contributed by atoms with E-state index in [0.717, 1.165) is 29.7 Å². The van der Waals surface area contributed by atoms with Gasteiger partial charge in [-0.3, -0.25) is 9.59 Å². The molecule has 1 aromatic heterocycles. The van der Waals surface area contributed by atoms with Crippen LogP contribution >= 0.6 is 23.1 Å². The molecule has 3 rings (SSSR count). The molecule has 0 radical (unpaired) electrons. The first-order valence-corrected chi connectivity index (χ1v) is 10.1. The van der Waals surface area contributed by atoms with Gasteiger partial charge in [-0.25, -0.2) is 0 Å². The first kappa shape index (κ1) is 18.0. The minimum atomic E-state index is -0.454. The van der Waals surface area contributed by atoms with E-state index in [2.05, 4.69) is 31.3 Å². The summed E-state index contributed by atoms with van der Waals surface area (Å²) < 4.78 is 0. The fraction of sp³-hybridized carbons (Fsp3) is 0.368. The van der Waals surface area contributed by atoms with Crippen molar-refractivity contribution in [2.24, 2.45) is 5.73 Å². The van der Waals surface area contributed by atoms with Crippen molar-refractivity contribution in [3.8, 4) is 0 Å². The summed E-state index contributed by atoms with van der Waals surface area (Å²) in [5, 5.41) is 3.27. The maximum absolute atomic E-state index is 12.6. The van der Waals surface area contributed by atoms with Crippen LogP contribution in [0.3, 0.4) is 0 Å². The van der Waals surface area contributed by atoms with Crippen molar-refractivity contribution in [2.45, 2.75) is 50.2 Å². The molecule has 0 saturated heterocycles. The first-order chi connectivity index (χ1) is 11.9. The third kappa shape index (κ3) is 3.75. The Morgan fingerprint density at radius 3 is 2.68 bits per heavy atom. The van der Waals surface area contributed by atoms with E-state index in [9.17, 15) is 9.59 Å². The van der Waals surface area contributed by atoms with Crippen LogP contribution in [0.1, 0.15) is 45.3 Å². The number of benzene rings is 1. The highest BCUT2D eigenvalue weighted by Crippen LogP contribution is 2.39. The van der Waals surface area contributed by atoms with Crippen molar-refractivity contribution >= 4 is 39.9 Å². The van der Waals surface area contributed by atoms with Gasteiger partial charge in [0.05, 0.1) is 10.8 Å². The standard InChI is InChI=1S/C19H22N2O2S2/c1-10-7-8-13(9-11(10)2)24-12(3)18(23)21-19-16(17(20)22)14-5-4-6-15(14)25-19/h7-9,12H,4-6H2,1-3H3,(H2,20,22)(H,21,23)/t12-/m1/s1. The van der Waals surface area contributed by atoms with Crippen molar-refractivity contribution in [3.05, 3.63) is 45.3 Å². The Morgan fingerprint density at radius 1 is 1.24 bits per heavy atom. The van der Waals surface area contributed by atoms with Crippen molar-refractivity contribution < 1.29 is 9.59 Å². The largest absolute Gasteiger partial charge is 0.365 e. The van der Waals surface area contributed by atoms with Gasteiger partial charge in [0, 0.05) is 9.77 Å². The van der Waals surface area contributed by atoms with Gasteiger partial charge in [-0.05, 0) is 68.9 Å². The summed E-state index contributed by atoms with van der Waals surface area (Å²) in [5.41, 5.74) is 9.54. The molecule has 1 aliphatic rings. The van der Waals surface area contributed by atoms with Gasteiger partial charge in [0.15, 0.2) is 0 Å². The number of primary amides is 1. The van der Waals surface area contributed by atoms with Crippen LogP contribution in [0.4, 0.5) is 5.00 Å². The molecule has 1 heterocycles. The Bertz CT molecular complexity index is 842. The fourth-order valence-corrected chi connectivity index (χ4v) is 5.27. The Morgan fingerprint density at radius 2 is 2.00 bits per heavy atom. The van der Waals surface area contributed by atoms with E-state index in [1.807, 2.05) is 13.0 Å². The second-order valence-electron chi connectivity index (χ2n) is 6.42. The summed E-state index contributed by atoms with van der Waals surface area (Å²) in [7, 11) is 0. The Labute approximate surface area is 156 Å². The normalized spacial score (nSPS) is 14.2. The summed E-state index contributed by atoms with van der Waals surface area (Å²) in [6.45, 7) is 6.01.